The van der Waals surface area contributed by atoms with E-state index in [2.05, 4.69) is 14.8 Å². The monoisotopic (exact) mass is 438 g/mol. The lowest BCUT2D eigenvalue weighted by atomic mass is 10.1. The summed E-state index contributed by atoms with van der Waals surface area (Å²) >= 11 is 0. The van der Waals surface area contributed by atoms with E-state index in [9.17, 15) is 18.0 Å². The number of hydrogen-bond acceptors (Lipinski definition) is 6. The molecule has 2 aromatic carbocycles. The van der Waals surface area contributed by atoms with Crippen molar-refractivity contribution in [2.45, 2.75) is 13.0 Å². The van der Waals surface area contributed by atoms with Crippen LogP contribution < -0.4 is 10.2 Å². The van der Waals surface area contributed by atoms with Gasteiger partial charge in [0.15, 0.2) is 5.43 Å². The number of nitrogens with one attached hydrogen (secondary N) is 1. The molecule has 4 aromatic rings. The van der Waals surface area contributed by atoms with Crippen molar-refractivity contribution in [1.29, 1.82) is 0 Å². The number of sulfonamides is 1. The highest BCUT2D eigenvalue weighted by molar-refractivity contribution is 7.92. The number of hydrogen-bond donors (Lipinski definition) is 2. The standard InChI is InChI=1S/C21H18N4O5S/c1-12(21(27)28)25-11-15(10-23-25)14-7-18-19(22-9-14)6-4-13-3-5-16(24-31(2,29)30)8-17(13)20(18)26/h3-12,24H,1-2H3,(H,27,28). The molecule has 4 rings (SSSR count). The van der Waals surface area contributed by atoms with E-state index in [-0.39, 0.29) is 5.43 Å². The Morgan fingerprint density at radius 2 is 1.84 bits per heavy atom. The van der Waals surface area contributed by atoms with Crippen molar-refractivity contribution in [3.8, 4) is 11.1 Å². The van der Waals surface area contributed by atoms with Gasteiger partial charge in [0.2, 0.25) is 10.0 Å². The Morgan fingerprint density at radius 3 is 2.55 bits per heavy atom. The Balaban J connectivity index is 1.88. The van der Waals surface area contributed by atoms with Crippen molar-refractivity contribution >= 4 is 43.4 Å². The van der Waals surface area contributed by atoms with Crippen molar-refractivity contribution in [1.82, 2.24) is 14.8 Å². The Kier molecular flexibility index (Phi) is 4.94. The number of aromatic nitrogens is 3. The third kappa shape index (κ3) is 4.10. The maximum Gasteiger partial charge on any atom is 0.328 e. The fraction of sp³-hybridized carbons (Fsp3) is 0.143. The minimum atomic E-state index is -3.49. The zero-order valence-electron chi connectivity index (χ0n) is 16.6. The molecular weight excluding hydrogens is 420 g/mol. The molecule has 9 nitrogen and oxygen atoms in total. The molecule has 0 amide bonds. The topological polar surface area (TPSA) is 131 Å². The SMILES string of the molecule is CC(C(=O)O)n1cc(-c2cnc3ccc4ccc(NS(C)(=O)=O)cc4c(=O)c3c2)cn1. The second-order valence-electron chi connectivity index (χ2n) is 7.22. The number of carboxylic acids is 1. The van der Waals surface area contributed by atoms with Crippen LogP contribution >= 0.6 is 0 Å². The van der Waals surface area contributed by atoms with E-state index in [1.54, 1.807) is 42.7 Å². The van der Waals surface area contributed by atoms with Gasteiger partial charge in [0.1, 0.15) is 6.04 Å². The highest BCUT2D eigenvalue weighted by Gasteiger charge is 2.15. The molecule has 0 aliphatic heterocycles. The van der Waals surface area contributed by atoms with Crippen molar-refractivity contribution in [2.75, 3.05) is 11.0 Å². The zero-order valence-corrected chi connectivity index (χ0v) is 17.4. The molecule has 31 heavy (non-hydrogen) atoms. The highest BCUT2D eigenvalue weighted by atomic mass is 32.2. The van der Waals surface area contributed by atoms with Gasteiger partial charge in [-0.2, -0.15) is 5.10 Å². The molecule has 0 radical (unpaired) electrons. The molecule has 0 spiro atoms. The lowest BCUT2D eigenvalue weighted by Crippen LogP contribution is -2.15. The number of carboxylic acid groups (broad SMARTS) is 1. The van der Waals surface area contributed by atoms with Gasteiger partial charge in [-0.3, -0.25) is 19.2 Å². The van der Waals surface area contributed by atoms with Crippen molar-refractivity contribution in [3.05, 3.63) is 65.2 Å². The summed E-state index contributed by atoms with van der Waals surface area (Å²) in [6.07, 6.45) is 5.73. The predicted molar refractivity (Wildman–Crippen MR) is 118 cm³/mol. The molecule has 0 saturated carbocycles. The number of aliphatic carboxylic acids is 1. The number of fused-ring (bicyclic) bond motifs is 2. The quantitative estimate of drug-likeness (QED) is 0.490. The van der Waals surface area contributed by atoms with Crippen LogP contribution in [0.3, 0.4) is 0 Å². The summed E-state index contributed by atoms with van der Waals surface area (Å²) in [6.45, 7) is 1.52. The molecule has 10 heteroatoms. The van der Waals surface area contributed by atoms with Crippen LogP contribution in [0.5, 0.6) is 0 Å². The molecule has 2 aromatic heterocycles. The Morgan fingerprint density at radius 1 is 1.10 bits per heavy atom. The van der Waals surface area contributed by atoms with Crippen LogP contribution in [0.1, 0.15) is 13.0 Å². The van der Waals surface area contributed by atoms with Gasteiger partial charge in [0.25, 0.3) is 0 Å². The lowest BCUT2D eigenvalue weighted by Gasteiger charge is -2.05. The first-order valence-corrected chi connectivity index (χ1v) is 11.1. The summed E-state index contributed by atoms with van der Waals surface area (Å²) in [5.74, 6) is -1.01. The van der Waals surface area contributed by atoms with E-state index in [0.717, 1.165) is 6.26 Å². The molecule has 2 N–H and O–H groups in total. The van der Waals surface area contributed by atoms with Crippen LogP contribution in [0.25, 0.3) is 32.8 Å². The molecule has 2 heterocycles. The van der Waals surface area contributed by atoms with Crippen molar-refractivity contribution in [3.63, 3.8) is 0 Å². The predicted octanol–water partition coefficient (Wildman–Crippen LogP) is 2.63. The molecule has 158 valence electrons. The molecule has 0 saturated heterocycles. The summed E-state index contributed by atoms with van der Waals surface area (Å²) < 4.78 is 26.8. The van der Waals surface area contributed by atoms with Gasteiger partial charge in [-0.1, -0.05) is 12.1 Å². The zero-order chi connectivity index (χ0) is 22.3. The second-order valence-corrected chi connectivity index (χ2v) is 8.97. The largest absolute Gasteiger partial charge is 0.480 e. The number of pyridine rings is 1. The van der Waals surface area contributed by atoms with Crippen molar-refractivity contribution in [2.24, 2.45) is 0 Å². The van der Waals surface area contributed by atoms with Crippen LogP contribution in [-0.2, 0) is 14.8 Å². The number of rotatable bonds is 5. The molecule has 0 aliphatic rings. The fourth-order valence-electron chi connectivity index (χ4n) is 3.25. The van der Waals surface area contributed by atoms with E-state index in [0.29, 0.717) is 38.5 Å². The first-order chi connectivity index (χ1) is 14.6. The first kappa shape index (κ1) is 20.5. The molecular formula is C21H18N4O5S. The average Bonchev–Trinajstić information content (AvgIpc) is 3.15. The average molecular weight is 438 g/mol. The summed E-state index contributed by atoms with van der Waals surface area (Å²) in [5.41, 5.74) is 1.71. The lowest BCUT2D eigenvalue weighted by molar-refractivity contribution is -0.140. The van der Waals surface area contributed by atoms with Gasteiger partial charge in [0.05, 0.1) is 18.0 Å². The number of benzene rings is 1. The molecule has 1 unspecified atom stereocenters. The minimum absolute atomic E-state index is 0.291. The van der Waals surface area contributed by atoms with Gasteiger partial charge >= 0.3 is 5.97 Å². The van der Waals surface area contributed by atoms with Crippen LogP contribution in [0.4, 0.5) is 5.69 Å². The number of nitrogens with zero attached hydrogens (tertiary/aromatic N) is 3. The second kappa shape index (κ2) is 7.47. The highest BCUT2D eigenvalue weighted by Crippen LogP contribution is 2.24. The van der Waals surface area contributed by atoms with Crippen LogP contribution in [0.2, 0.25) is 0 Å². The first-order valence-electron chi connectivity index (χ1n) is 9.24. The summed E-state index contributed by atoms with van der Waals surface area (Å²) in [7, 11) is -3.49. The van der Waals surface area contributed by atoms with Crippen LogP contribution in [0.15, 0.2) is 59.8 Å². The maximum atomic E-state index is 13.3. The Bertz CT molecular complexity index is 1510. The third-order valence-electron chi connectivity index (χ3n) is 4.87. The van der Waals surface area contributed by atoms with E-state index in [1.807, 2.05) is 0 Å². The minimum Gasteiger partial charge on any atom is -0.480 e. The molecule has 1 atom stereocenters. The van der Waals surface area contributed by atoms with Gasteiger partial charge in [0, 0.05) is 40.0 Å². The number of anilines is 1. The summed E-state index contributed by atoms with van der Waals surface area (Å²) in [6, 6.07) is 9.07. The van der Waals surface area contributed by atoms with Gasteiger partial charge in [-0.15, -0.1) is 0 Å². The molecule has 0 bridgehead atoms. The number of carbonyl (C=O) groups is 1. The fourth-order valence-corrected chi connectivity index (χ4v) is 3.80. The smallest absolute Gasteiger partial charge is 0.328 e. The van der Waals surface area contributed by atoms with Gasteiger partial charge in [-0.05, 0) is 36.6 Å². The third-order valence-corrected chi connectivity index (χ3v) is 5.48. The van der Waals surface area contributed by atoms with Crippen LogP contribution in [0, 0.1) is 0 Å². The van der Waals surface area contributed by atoms with E-state index >= 15 is 0 Å². The van der Waals surface area contributed by atoms with E-state index in [1.165, 1.54) is 23.9 Å². The summed E-state index contributed by atoms with van der Waals surface area (Å²) in [5, 5.41) is 14.6. The normalized spacial score (nSPS) is 12.7. The van der Waals surface area contributed by atoms with Crippen molar-refractivity contribution < 1.29 is 18.3 Å². The van der Waals surface area contributed by atoms with Gasteiger partial charge in [-0.25, -0.2) is 13.2 Å². The van der Waals surface area contributed by atoms with Gasteiger partial charge < -0.3 is 5.11 Å². The van der Waals surface area contributed by atoms with E-state index < -0.39 is 22.0 Å². The summed E-state index contributed by atoms with van der Waals surface area (Å²) in [4.78, 5) is 28.8. The van der Waals surface area contributed by atoms with Crippen LogP contribution in [-0.4, -0.2) is 40.5 Å². The Labute approximate surface area is 177 Å². The maximum absolute atomic E-state index is 13.3. The molecule has 0 fully saturated rings. The van der Waals surface area contributed by atoms with E-state index in [4.69, 9.17) is 5.11 Å². The Hall–Kier alpha value is -3.79. The molecule has 0 aliphatic carbocycles.